The highest BCUT2D eigenvalue weighted by Gasteiger charge is 2.41. The van der Waals surface area contributed by atoms with Gasteiger partial charge < -0.3 is 14.5 Å². The van der Waals surface area contributed by atoms with E-state index in [4.69, 9.17) is 4.74 Å². The lowest BCUT2D eigenvalue weighted by molar-refractivity contribution is -0.136. The lowest BCUT2D eigenvalue weighted by atomic mass is 9.87. The molecule has 5 heteroatoms. The summed E-state index contributed by atoms with van der Waals surface area (Å²) in [5, 5.41) is 0. The molecule has 1 aromatic rings. The van der Waals surface area contributed by atoms with Crippen LogP contribution < -0.4 is 4.74 Å². The molecule has 1 aliphatic heterocycles. The van der Waals surface area contributed by atoms with Crippen LogP contribution in [-0.4, -0.2) is 54.9 Å². The average molecular weight is 332 g/mol. The molecule has 1 aliphatic rings. The van der Waals surface area contributed by atoms with Gasteiger partial charge in [0.25, 0.3) is 0 Å². The summed E-state index contributed by atoms with van der Waals surface area (Å²) >= 11 is 0. The van der Waals surface area contributed by atoms with Crippen LogP contribution in [0.25, 0.3) is 0 Å². The number of rotatable bonds is 5. The van der Waals surface area contributed by atoms with Crippen LogP contribution in [0.2, 0.25) is 0 Å². The van der Waals surface area contributed by atoms with E-state index in [0.717, 1.165) is 11.3 Å². The summed E-state index contributed by atoms with van der Waals surface area (Å²) in [6.45, 7) is 6.94. The lowest BCUT2D eigenvalue weighted by Gasteiger charge is -2.27. The Balaban J connectivity index is 2.32. The van der Waals surface area contributed by atoms with Crippen molar-refractivity contribution in [2.24, 2.45) is 5.92 Å². The average Bonchev–Trinajstić information content (AvgIpc) is 3.04. The van der Waals surface area contributed by atoms with Crippen molar-refractivity contribution in [2.75, 3.05) is 27.2 Å². The summed E-state index contributed by atoms with van der Waals surface area (Å²) in [5.74, 6) is 0.773. The van der Waals surface area contributed by atoms with Gasteiger partial charge in [0.2, 0.25) is 11.8 Å². The first-order valence-corrected chi connectivity index (χ1v) is 8.57. The lowest BCUT2D eigenvalue weighted by Crippen LogP contribution is -2.40. The van der Waals surface area contributed by atoms with Gasteiger partial charge in [0.05, 0.1) is 13.0 Å². The van der Waals surface area contributed by atoms with E-state index in [-0.39, 0.29) is 29.7 Å². The van der Waals surface area contributed by atoms with Gasteiger partial charge in [-0.3, -0.25) is 9.59 Å². The van der Waals surface area contributed by atoms with E-state index >= 15 is 0 Å². The summed E-state index contributed by atoms with van der Waals surface area (Å²) in [5.41, 5.74) is 1.05. The normalized spacial score (nSPS) is 20.3. The summed E-state index contributed by atoms with van der Waals surface area (Å²) in [6.07, 6.45) is 0.464. The Bertz CT molecular complexity index is 600. The van der Waals surface area contributed by atoms with E-state index < -0.39 is 0 Å². The number of nitrogens with zero attached hydrogens (tertiary/aromatic N) is 2. The number of ether oxygens (including phenoxy) is 1. The van der Waals surface area contributed by atoms with Crippen molar-refractivity contribution in [2.45, 2.75) is 39.2 Å². The number of likely N-dealkylation sites (tertiary alicyclic amines) is 1. The molecule has 2 amide bonds. The summed E-state index contributed by atoms with van der Waals surface area (Å²) < 4.78 is 5.32. The molecule has 5 nitrogen and oxygen atoms in total. The Hall–Kier alpha value is -2.04. The molecule has 24 heavy (non-hydrogen) atoms. The number of carbonyl (C=O) groups excluding carboxylic acids is 2. The number of amides is 2. The van der Waals surface area contributed by atoms with Crippen LogP contribution >= 0.6 is 0 Å². The standard InChI is InChI=1S/C19H28N2O3/c1-6-18(22)21-11-16(14-8-7-9-15(10-14)24-5)17(12-21)19(23)20(4)13(2)3/h7-10,13,16-17H,6,11-12H2,1-5H3. The summed E-state index contributed by atoms with van der Waals surface area (Å²) in [7, 11) is 3.47. The van der Waals surface area contributed by atoms with Crippen molar-refractivity contribution in [3.8, 4) is 5.75 Å². The van der Waals surface area contributed by atoms with Crippen LogP contribution in [0.4, 0.5) is 0 Å². The van der Waals surface area contributed by atoms with Gasteiger partial charge in [0.1, 0.15) is 5.75 Å². The number of carbonyl (C=O) groups is 2. The Labute approximate surface area is 144 Å². The molecule has 2 atom stereocenters. The molecule has 1 aromatic carbocycles. The zero-order valence-electron chi connectivity index (χ0n) is 15.3. The van der Waals surface area contributed by atoms with E-state index in [2.05, 4.69) is 0 Å². The number of hydrogen-bond acceptors (Lipinski definition) is 3. The van der Waals surface area contributed by atoms with Gasteiger partial charge in [0.15, 0.2) is 0 Å². The minimum atomic E-state index is -0.208. The van der Waals surface area contributed by atoms with Gasteiger partial charge in [0, 0.05) is 38.5 Å². The molecule has 2 rings (SSSR count). The first-order chi connectivity index (χ1) is 11.4. The molecule has 1 fully saturated rings. The maximum absolute atomic E-state index is 12.9. The second-order valence-corrected chi connectivity index (χ2v) is 6.68. The smallest absolute Gasteiger partial charge is 0.228 e. The van der Waals surface area contributed by atoms with Crippen molar-refractivity contribution in [3.05, 3.63) is 29.8 Å². The summed E-state index contributed by atoms with van der Waals surface area (Å²) in [6, 6.07) is 7.96. The van der Waals surface area contributed by atoms with Crippen LogP contribution in [0.3, 0.4) is 0 Å². The predicted octanol–water partition coefficient (Wildman–Crippen LogP) is 2.51. The molecular weight excluding hydrogens is 304 g/mol. The molecule has 0 saturated carbocycles. The first kappa shape index (κ1) is 18.3. The molecule has 2 unspecified atom stereocenters. The van der Waals surface area contributed by atoms with Crippen molar-refractivity contribution < 1.29 is 14.3 Å². The van der Waals surface area contributed by atoms with Crippen LogP contribution in [-0.2, 0) is 9.59 Å². The Morgan fingerprint density at radius 3 is 2.62 bits per heavy atom. The second-order valence-electron chi connectivity index (χ2n) is 6.68. The quantitative estimate of drug-likeness (QED) is 0.832. The number of methoxy groups -OCH3 is 1. The Morgan fingerprint density at radius 2 is 2.04 bits per heavy atom. The van der Waals surface area contributed by atoms with Crippen LogP contribution in [0.15, 0.2) is 24.3 Å². The fourth-order valence-corrected chi connectivity index (χ4v) is 3.21. The Morgan fingerprint density at radius 1 is 1.33 bits per heavy atom. The Kier molecular flexibility index (Phi) is 5.86. The fourth-order valence-electron chi connectivity index (χ4n) is 3.21. The molecule has 0 N–H and O–H groups in total. The SMILES string of the molecule is CCC(=O)N1CC(C(=O)N(C)C(C)C)C(c2cccc(OC)c2)C1. The van der Waals surface area contributed by atoms with E-state index in [9.17, 15) is 9.59 Å². The molecule has 1 heterocycles. The van der Waals surface area contributed by atoms with Crippen molar-refractivity contribution in [1.82, 2.24) is 9.80 Å². The first-order valence-electron chi connectivity index (χ1n) is 8.57. The zero-order valence-corrected chi connectivity index (χ0v) is 15.3. The molecule has 132 valence electrons. The van der Waals surface area contributed by atoms with Crippen LogP contribution in [0, 0.1) is 5.92 Å². The number of benzene rings is 1. The van der Waals surface area contributed by atoms with Crippen molar-refractivity contribution in [3.63, 3.8) is 0 Å². The third kappa shape index (κ3) is 3.71. The van der Waals surface area contributed by atoms with Gasteiger partial charge in [-0.1, -0.05) is 19.1 Å². The molecule has 0 spiro atoms. The van der Waals surface area contributed by atoms with Crippen LogP contribution in [0.5, 0.6) is 5.75 Å². The topological polar surface area (TPSA) is 49.9 Å². The van der Waals surface area contributed by atoms with Gasteiger partial charge in [-0.2, -0.15) is 0 Å². The minimum Gasteiger partial charge on any atom is -0.497 e. The monoisotopic (exact) mass is 332 g/mol. The zero-order chi connectivity index (χ0) is 17.9. The second kappa shape index (κ2) is 7.69. The molecule has 0 bridgehead atoms. The van der Waals surface area contributed by atoms with Gasteiger partial charge in [-0.25, -0.2) is 0 Å². The maximum atomic E-state index is 12.9. The molecule has 1 saturated heterocycles. The maximum Gasteiger partial charge on any atom is 0.228 e. The van der Waals surface area contributed by atoms with Gasteiger partial charge in [-0.15, -0.1) is 0 Å². The van der Waals surface area contributed by atoms with E-state index in [0.29, 0.717) is 19.5 Å². The van der Waals surface area contributed by atoms with Gasteiger partial charge >= 0.3 is 0 Å². The largest absolute Gasteiger partial charge is 0.497 e. The van der Waals surface area contributed by atoms with Gasteiger partial charge in [-0.05, 0) is 31.5 Å². The van der Waals surface area contributed by atoms with E-state index in [1.54, 1.807) is 12.0 Å². The van der Waals surface area contributed by atoms with Crippen LogP contribution in [0.1, 0.15) is 38.7 Å². The highest BCUT2D eigenvalue weighted by atomic mass is 16.5. The number of hydrogen-bond donors (Lipinski definition) is 0. The third-order valence-electron chi connectivity index (χ3n) is 4.94. The molecular formula is C19H28N2O3. The highest BCUT2D eigenvalue weighted by Crippen LogP contribution is 2.35. The molecule has 0 aromatic heterocycles. The van der Waals surface area contributed by atoms with E-state index in [1.807, 2.05) is 57.0 Å². The molecule has 0 aliphatic carbocycles. The highest BCUT2D eigenvalue weighted by molar-refractivity contribution is 5.83. The predicted molar refractivity (Wildman–Crippen MR) is 94.0 cm³/mol. The third-order valence-corrected chi connectivity index (χ3v) is 4.94. The summed E-state index contributed by atoms with van der Waals surface area (Å²) in [4.78, 5) is 28.7. The minimum absolute atomic E-state index is 0.00398. The van der Waals surface area contributed by atoms with E-state index in [1.165, 1.54) is 0 Å². The molecule has 0 radical (unpaired) electrons. The van der Waals surface area contributed by atoms with Crippen molar-refractivity contribution in [1.29, 1.82) is 0 Å². The van der Waals surface area contributed by atoms with Crippen molar-refractivity contribution >= 4 is 11.8 Å². The fraction of sp³-hybridized carbons (Fsp3) is 0.579.